The predicted octanol–water partition coefficient (Wildman–Crippen LogP) is -0.115. The quantitative estimate of drug-likeness (QED) is 0.766. The lowest BCUT2D eigenvalue weighted by Gasteiger charge is -2.34. The molecule has 1 fully saturated rings. The van der Waals surface area contributed by atoms with Gasteiger partial charge in [-0.3, -0.25) is 4.79 Å². The zero-order valence-corrected chi connectivity index (χ0v) is 10.7. The molecule has 98 valence electrons. The summed E-state index contributed by atoms with van der Waals surface area (Å²) in [6.45, 7) is 1.61. The maximum atomic E-state index is 11.9. The third-order valence-corrected chi connectivity index (χ3v) is 4.55. The molecule has 0 aromatic rings. The number of aliphatic carboxylic acids is 1. The third-order valence-electron chi connectivity index (χ3n) is 3.06. The smallest absolute Gasteiger partial charge is 0.326 e. The Morgan fingerprint density at radius 3 is 2.41 bits per heavy atom. The third kappa shape index (κ3) is 3.18. The van der Waals surface area contributed by atoms with Crippen LogP contribution in [0.25, 0.3) is 0 Å². The Hall–Kier alpha value is -1.11. The summed E-state index contributed by atoms with van der Waals surface area (Å²) in [5, 5.41) is 7.82. The molecule has 1 amide bonds. The molecular formula is C10H17NO5S. The summed E-state index contributed by atoms with van der Waals surface area (Å²) >= 11 is 0. The van der Waals surface area contributed by atoms with Crippen LogP contribution in [0.4, 0.5) is 0 Å². The van der Waals surface area contributed by atoms with E-state index in [0.29, 0.717) is 19.4 Å². The van der Waals surface area contributed by atoms with Crippen molar-refractivity contribution in [2.24, 2.45) is 0 Å². The van der Waals surface area contributed by atoms with Crippen LogP contribution < -0.4 is 0 Å². The molecule has 1 N–H and O–H groups in total. The number of amides is 1. The number of hydrogen-bond donors (Lipinski definition) is 1. The second kappa shape index (κ2) is 5.03. The number of sulfone groups is 1. The molecule has 2 atom stereocenters. The van der Waals surface area contributed by atoms with E-state index in [2.05, 4.69) is 0 Å². The van der Waals surface area contributed by atoms with E-state index < -0.39 is 33.0 Å². The number of carboxylic acids is 1. The molecule has 0 bridgehead atoms. The highest BCUT2D eigenvalue weighted by Gasteiger charge is 2.36. The monoisotopic (exact) mass is 263 g/mol. The van der Waals surface area contributed by atoms with Crippen molar-refractivity contribution >= 4 is 21.7 Å². The number of rotatable bonds is 3. The van der Waals surface area contributed by atoms with Crippen LogP contribution in [0.2, 0.25) is 0 Å². The van der Waals surface area contributed by atoms with E-state index >= 15 is 0 Å². The van der Waals surface area contributed by atoms with Gasteiger partial charge in [-0.25, -0.2) is 13.2 Å². The van der Waals surface area contributed by atoms with Crippen molar-refractivity contribution in [1.82, 2.24) is 4.90 Å². The summed E-state index contributed by atoms with van der Waals surface area (Å²) in [6, 6.07) is -0.888. The van der Waals surface area contributed by atoms with Gasteiger partial charge >= 0.3 is 5.97 Å². The Bertz CT molecular complexity index is 416. The Morgan fingerprint density at radius 2 is 1.94 bits per heavy atom. The number of piperidine rings is 1. The van der Waals surface area contributed by atoms with Crippen LogP contribution in [-0.2, 0) is 19.4 Å². The van der Waals surface area contributed by atoms with Crippen LogP contribution in [0.5, 0.6) is 0 Å². The normalized spacial score (nSPS) is 23.2. The fraction of sp³-hybridized carbons (Fsp3) is 0.800. The van der Waals surface area contributed by atoms with Crippen molar-refractivity contribution in [2.45, 2.75) is 37.5 Å². The minimum Gasteiger partial charge on any atom is -0.480 e. The number of carbonyl (C=O) groups excluding carboxylic acids is 1. The average Bonchev–Trinajstić information content (AvgIpc) is 2.25. The largest absolute Gasteiger partial charge is 0.480 e. The van der Waals surface area contributed by atoms with Gasteiger partial charge in [0, 0.05) is 12.8 Å². The summed E-state index contributed by atoms with van der Waals surface area (Å²) in [6.07, 6.45) is 2.83. The number of carboxylic acid groups (broad SMARTS) is 1. The summed E-state index contributed by atoms with van der Waals surface area (Å²) in [4.78, 5) is 24.1. The van der Waals surface area contributed by atoms with Gasteiger partial charge in [0.2, 0.25) is 5.91 Å². The van der Waals surface area contributed by atoms with Gasteiger partial charge in [-0.1, -0.05) is 0 Å². The van der Waals surface area contributed by atoms with Gasteiger partial charge in [-0.2, -0.15) is 0 Å². The van der Waals surface area contributed by atoms with Crippen LogP contribution in [0.15, 0.2) is 0 Å². The van der Waals surface area contributed by atoms with Crippen molar-refractivity contribution in [3.63, 3.8) is 0 Å². The lowest BCUT2D eigenvalue weighted by molar-refractivity contribution is -0.151. The van der Waals surface area contributed by atoms with Gasteiger partial charge in [-0.15, -0.1) is 0 Å². The van der Waals surface area contributed by atoms with Crippen molar-refractivity contribution in [2.75, 3.05) is 12.8 Å². The minimum absolute atomic E-state index is 0.315. The van der Waals surface area contributed by atoms with Crippen molar-refractivity contribution in [3.8, 4) is 0 Å². The van der Waals surface area contributed by atoms with Gasteiger partial charge in [0.1, 0.15) is 11.3 Å². The van der Waals surface area contributed by atoms with Gasteiger partial charge < -0.3 is 10.0 Å². The molecule has 0 radical (unpaired) electrons. The van der Waals surface area contributed by atoms with Gasteiger partial charge in [0.25, 0.3) is 0 Å². The minimum atomic E-state index is -3.48. The lowest BCUT2D eigenvalue weighted by atomic mass is 10.0. The fourth-order valence-electron chi connectivity index (χ4n) is 1.87. The average molecular weight is 263 g/mol. The molecule has 0 aromatic heterocycles. The van der Waals surface area contributed by atoms with Gasteiger partial charge in [0.15, 0.2) is 9.84 Å². The van der Waals surface area contributed by atoms with Gasteiger partial charge in [-0.05, 0) is 26.2 Å². The number of nitrogens with zero attached hydrogens (tertiary/aromatic N) is 1. The van der Waals surface area contributed by atoms with E-state index in [4.69, 9.17) is 5.11 Å². The Balaban J connectivity index is 2.89. The van der Waals surface area contributed by atoms with E-state index in [-0.39, 0.29) is 0 Å². The molecule has 17 heavy (non-hydrogen) atoms. The number of likely N-dealkylation sites (tertiary alicyclic amines) is 1. The van der Waals surface area contributed by atoms with E-state index in [1.807, 2.05) is 0 Å². The Kier molecular flexibility index (Phi) is 4.13. The van der Waals surface area contributed by atoms with Crippen LogP contribution in [0.3, 0.4) is 0 Å². The van der Waals surface area contributed by atoms with Crippen LogP contribution in [-0.4, -0.2) is 54.4 Å². The maximum Gasteiger partial charge on any atom is 0.326 e. The summed E-state index contributed by atoms with van der Waals surface area (Å²) in [5.41, 5.74) is 0. The van der Waals surface area contributed by atoms with Crippen LogP contribution in [0, 0.1) is 0 Å². The SMILES string of the molecule is C[C@H](C(=O)N1CCCC[C@H]1C(=O)O)S(C)(=O)=O. The molecule has 7 heteroatoms. The first-order valence-corrected chi connectivity index (χ1v) is 7.42. The molecule has 1 rings (SSSR count). The maximum absolute atomic E-state index is 11.9. The molecule has 0 aliphatic carbocycles. The topological polar surface area (TPSA) is 91.8 Å². The molecular weight excluding hydrogens is 246 g/mol. The molecule has 0 spiro atoms. The Morgan fingerprint density at radius 1 is 1.35 bits per heavy atom. The van der Waals surface area contributed by atoms with E-state index in [0.717, 1.165) is 12.7 Å². The zero-order chi connectivity index (χ0) is 13.2. The van der Waals surface area contributed by atoms with E-state index in [1.54, 1.807) is 0 Å². The summed E-state index contributed by atoms with van der Waals surface area (Å²) in [5.74, 6) is -1.68. The second-order valence-electron chi connectivity index (χ2n) is 4.35. The predicted molar refractivity (Wildman–Crippen MR) is 61.3 cm³/mol. The standard InChI is InChI=1S/C10H17NO5S/c1-7(17(2,15)16)9(12)11-6-4-3-5-8(11)10(13)14/h7-8H,3-6H2,1-2H3,(H,13,14)/t7-,8+/m1/s1. The molecule has 1 saturated heterocycles. The highest BCUT2D eigenvalue weighted by atomic mass is 32.2. The number of hydrogen-bond acceptors (Lipinski definition) is 4. The lowest BCUT2D eigenvalue weighted by Crippen LogP contribution is -2.52. The molecule has 0 unspecified atom stereocenters. The fourth-order valence-corrected chi connectivity index (χ4v) is 2.37. The number of carbonyl (C=O) groups is 2. The first-order chi connectivity index (χ1) is 7.75. The van der Waals surface area contributed by atoms with Gasteiger partial charge in [0.05, 0.1) is 0 Å². The molecule has 1 heterocycles. The molecule has 1 aliphatic rings. The molecule has 0 saturated carbocycles. The van der Waals surface area contributed by atoms with Crippen LogP contribution in [0.1, 0.15) is 26.2 Å². The second-order valence-corrected chi connectivity index (χ2v) is 6.72. The van der Waals surface area contributed by atoms with Crippen LogP contribution >= 0.6 is 0 Å². The first kappa shape index (κ1) is 14.0. The highest BCUT2D eigenvalue weighted by Crippen LogP contribution is 2.19. The van der Waals surface area contributed by atoms with E-state index in [1.165, 1.54) is 11.8 Å². The van der Waals surface area contributed by atoms with Crippen molar-refractivity contribution < 1.29 is 23.1 Å². The zero-order valence-electron chi connectivity index (χ0n) is 9.92. The van der Waals surface area contributed by atoms with Crippen molar-refractivity contribution in [1.29, 1.82) is 0 Å². The Labute approximate surface area is 101 Å². The van der Waals surface area contributed by atoms with Crippen molar-refractivity contribution in [3.05, 3.63) is 0 Å². The molecule has 1 aliphatic heterocycles. The molecule has 0 aromatic carbocycles. The summed E-state index contributed by atoms with van der Waals surface area (Å²) in [7, 11) is -3.48. The van der Waals surface area contributed by atoms with E-state index in [9.17, 15) is 18.0 Å². The highest BCUT2D eigenvalue weighted by molar-refractivity contribution is 7.92. The summed E-state index contributed by atoms with van der Waals surface area (Å²) < 4.78 is 22.6. The molecule has 6 nitrogen and oxygen atoms in total. The first-order valence-electron chi connectivity index (χ1n) is 5.47.